The molecule has 1 aromatic heterocycles. The predicted molar refractivity (Wildman–Crippen MR) is 111 cm³/mol. The van der Waals surface area contributed by atoms with Crippen LogP contribution in [0.1, 0.15) is 23.4 Å². The number of halogens is 3. The maximum Gasteiger partial charge on any atom is 0.451 e. The molecule has 10 heteroatoms. The smallest absolute Gasteiger partial charge is 0.451 e. The zero-order valence-electron chi connectivity index (χ0n) is 17.0. The van der Waals surface area contributed by atoms with Crippen LogP contribution in [0.2, 0.25) is 0 Å². The number of urea groups is 1. The Bertz CT molecular complexity index is 1070. The molecule has 0 saturated heterocycles. The van der Waals surface area contributed by atoms with Crippen LogP contribution in [-0.4, -0.2) is 29.2 Å². The highest BCUT2D eigenvalue weighted by Crippen LogP contribution is 2.29. The fourth-order valence-corrected chi connectivity index (χ4v) is 2.88. The fraction of sp³-hybridized carbons (Fsp3) is 0.286. The summed E-state index contributed by atoms with van der Waals surface area (Å²) < 4.78 is 44.8. The summed E-state index contributed by atoms with van der Waals surface area (Å²) in [6, 6.07) is 11.5. The molecule has 0 saturated carbocycles. The molecule has 0 aliphatic carbocycles. The lowest BCUT2D eigenvalue weighted by atomic mass is 10.1. The topological polar surface area (TPSA) is 88.2 Å². The highest BCUT2D eigenvalue weighted by Gasteiger charge is 2.35. The van der Waals surface area contributed by atoms with Gasteiger partial charge >= 0.3 is 12.2 Å². The number of amides is 2. The van der Waals surface area contributed by atoms with Gasteiger partial charge in [0, 0.05) is 11.9 Å². The lowest BCUT2D eigenvalue weighted by Crippen LogP contribution is -2.40. The van der Waals surface area contributed by atoms with Crippen molar-refractivity contribution >= 4 is 22.8 Å². The van der Waals surface area contributed by atoms with Gasteiger partial charge in [-0.15, -0.1) is 0 Å². The average Bonchev–Trinajstić information content (AvgIpc) is 2.72. The second-order valence-corrected chi connectivity index (χ2v) is 6.89. The normalized spacial score (nSPS) is 11.3. The molecule has 2 amide bonds. The van der Waals surface area contributed by atoms with E-state index in [9.17, 15) is 18.0 Å². The number of alkyl halides is 3. The summed E-state index contributed by atoms with van der Waals surface area (Å²) in [6.07, 6.45) is -4.16. The van der Waals surface area contributed by atoms with Crippen LogP contribution in [0.25, 0.3) is 10.9 Å². The summed E-state index contributed by atoms with van der Waals surface area (Å²) in [5, 5.41) is 2.94. The van der Waals surface area contributed by atoms with Gasteiger partial charge in [0.2, 0.25) is 5.82 Å². The quantitative estimate of drug-likeness (QED) is 0.381. The highest BCUT2D eigenvalue weighted by atomic mass is 19.4. The number of para-hydroxylation sites is 1. The standard InChI is InChI=1S/C21H22F3N5O2/c1-13-8-9-17(14(2)12-13)31-11-5-10-25-20(30)29-28-18-15-6-3-4-7-16(15)26-19(27-18)21(22,23)24/h3-4,6-9,12H,5,10-11H2,1-2H3,(H2,25,29,30)(H,26,27,28). The van der Waals surface area contributed by atoms with Crippen molar-refractivity contribution in [2.75, 3.05) is 18.6 Å². The zero-order chi connectivity index (χ0) is 22.4. The van der Waals surface area contributed by atoms with E-state index in [2.05, 4.69) is 26.1 Å². The molecule has 31 heavy (non-hydrogen) atoms. The molecule has 0 spiro atoms. The lowest BCUT2D eigenvalue weighted by Gasteiger charge is -2.13. The number of carbonyl (C=O) groups is 1. The summed E-state index contributed by atoms with van der Waals surface area (Å²) >= 11 is 0. The van der Waals surface area contributed by atoms with E-state index in [0.29, 0.717) is 25.0 Å². The van der Waals surface area contributed by atoms with E-state index >= 15 is 0 Å². The van der Waals surface area contributed by atoms with E-state index < -0.39 is 18.0 Å². The Balaban J connectivity index is 1.50. The minimum atomic E-state index is -4.71. The number of rotatable bonds is 7. The van der Waals surface area contributed by atoms with Gasteiger partial charge in [0.15, 0.2) is 5.82 Å². The Hall–Kier alpha value is -3.56. The SMILES string of the molecule is Cc1ccc(OCCCNC(=O)NNc2nc(C(F)(F)F)nc3ccccc23)c(C)c1. The first-order valence-corrected chi connectivity index (χ1v) is 9.58. The summed E-state index contributed by atoms with van der Waals surface area (Å²) in [7, 11) is 0. The van der Waals surface area contributed by atoms with Crippen LogP contribution >= 0.6 is 0 Å². The second kappa shape index (κ2) is 9.50. The van der Waals surface area contributed by atoms with Gasteiger partial charge in [-0.05, 0) is 44.0 Å². The third-order valence-electron chi connectivity index (χ3n) is 4.35. The molecule has 0 aliphatic rings. The Morgan fingerprint density at radius 1 is 1.10 bits per heavy atom. The lowest BCUT2D eigenvalue weighted by molar-refractivity contribution is -0.144. The predicted octanol–water partition coefficient (Wildman–Crippen LogP) is 4.36. The number of hydrogen-bond acceptors (Lipinski definition) is 5. The van der Waals surface area contributed by atoms with Crippen molar-refractivity contribution in [3.63, 3.8) is 0 Å². The molecule has 3 aromatic rings. The largest absolute Gasteiger partial charge is 0.493 e. The Morgan fingerprint density at radius 3 is 2.61 bits per heavy atom. The third-order valence-corrected chi connectivity index (χ3v) is 4.35. The molecule has 0 radical (unpaired) electrons. The van der Waals surface area contributed by atoms with E-state index in [1.807, 2.05) is 32.0 Å². The number of hydrogen-bond donors (Lipinski definition) is 3. The number of benzene rings is 2. The molecule has 0 aliphatic heterocycles. The third kappa shape index (κ3) is 5.97. The first-order valence-electron chi connectivity index (χ1n) is 9.58. The van der Waals surface area contributed by atoms with Gasteiger partial charge in [-0.2, -0.15) is 13.2 Å². The molecule has 0 unspecified atom stereocenters. The van der Waals surface area contributed by atoms with Gasteiger partial charge in [0.05, 0.1) is 12.1 Å². The molecule has 0 atom stereocenters. The van der Waals surface area contributed by atoms with Gasteiger partial charge in [0.1, 0.15) is 5.75 Å². The van der Waals surface area contributed by atoms with E-state index in [0.717, 1.165) is 16.9 Å². The number of hydrazine groups is 1. The number of aryl methyl sites for hydroxylation is 2. The van der Waals surface area contributed by atoms with Crippen LogP contribution in [-0.2, 0) is 6.18 Å². The van der Waals surface area contributed by atoms with E-state index in [4.69, 9.17) is 4.74 Å². The van der Waals surface area contributed by atoms with Gasteiger partial charge in [-0.1, -0.05) is 29.8 Å². The first-order chi connectivity index (χ1) is 14.7. The molecule has 164 valence electrons. The summed E-state index contributed by atoms with van der Waals surface area (Å²) in [6.45, 7) is 4.68. The average molecular weight is 433 g/mol. The maximum atomic E-state index is 13.0. The Labute approximate surface area is 177 Å². The van der Waals surface area contributed by atoms with Crippen LogP contribution in [0, 0.1) is 13.8 Å². The Kier molecular flexibility index (Phi) is 6.78. The van der Waals surface area contributed by atoms with Crippen molar-refractivity contribution in [3.05, 3.63) is 59.4 Å². The zero-order valence-corrected chi connectivity index (χ0v) is 17.0. The van der Waals surface area contributed by atoms with Crippen molar-refractivity contribution in [1.29, 1.82) is 0 Å². The molecule has 3 N–H and O–H groups in total. The molecule has 3 rings (SSSR count). The van der Waals surface area contributed by atoms with Crippen molar-refractivity contribution in [1.82, 2.24) is 20.7 Å². The number of fused-ring (bicyclic) bond motifs is 1. The van der Waals surface area contributed by atoms with Crippen LogP contribution in [0.3, 0.4) is 0 Å². The van der Waals surface area contributed by atoms with Crippen molar-refractivity contribution < 1.29 is 22.7 Å². The molecule has 1 heterocycles. The molecular weight excluding hydrogens is 411 g/mol. The molecule has 0 bridgehead atoms. The van der Waals surface area contributed by atoms with Gasteiger partial charge in [-0.25, -0.2) is 14.8 Å². The minimum absolute atomic E-state index is 0.109. The molecule has 2 aromatic carbocycles. The highest BCUT2D eigenvalue weighted by molar-refractivity contribution is 5.89. The number of carbonyl (C=O) groups excluding carboxylic acids is 1. The first kappa shape index (κ1) is 22.1. The summed E-state index contributed by atoms with van der Waals surface area (Å²) in [4.78, 5) is 19.0. The van der Waals surface area contributed by atoms with Crippen molar-refractivity contribution in [2.45, 2.75) is 26.4 Å². The van der Waals surface area contributed by atoms with Gasteiger partial charge < -0.3 is 10.1 Å². The fourth-order valence-electron chi connectivity index (χ4n) is 2.88. The van der Waals surface area contributed by atoms with Gasteiger partial charge in [-0.3, -0.25) is 10.9 Å². The summed E-state index contributed by atoms with van der Waals surface area (Å²) in [5.41, 5.74) is 7.02. The molecule has 7 nitrogen and oxygen atoms in total. The van der Waals surface area contributed by atoms with Crippen molar-refractivity contribution in [2.24, 2.45) is 0 Å². The minimum Gasteiger partial charge on any atom is -0.493 e. The molecule has 0 fully saturated rings. The number of ether oxygens (including phenoxy) is 1. The van der Waals surface area contributed by atoms with E-state index in [1.165, 1.54) is 6.07 Å². The van der Waals surface area contributed by atoms with E-state index in [-0.39, 0.29) is 11.3 Å². The number of aromatic nitrogens is 2. The maximum absolute atomic E-state index is 13.0. The number of anilines is 1. The van der Waals surface area contributed by atoms with Gasteiger partial charge in [0.25, 0.3) is 0 Å². The summed E-state index contributed by atoms with van der Waals surface area (Å²) in [5.74, 6) is -0.654. The van der Waals surface area contributed by atoms with Crippen LogP contribution in [0.4, 0.5) is 23.8 Å². The number of nitrogens with one attached hydrogen (secondary N) is 3. The van der Waals surface area contributed by atoms with Crippen LogP contribution < -0.4 is 20.9 Å². The second-order valence-electron chi connectivity index (χ2n) is 6.89. The monoisotopic (exact) mass is 433 g/mol. The van der Waals surface area contributed by atoms with Crippen molar-refractivity contribution in [3.8, 4) is 5.75 Å². The molecular formula is C21H22F3N5O2. The Morgan fingerprint density at radius 2 is 1.87 bits per heavy atom. The number of nitrogens with zero attached hydrogens (tertiary/aromatic N) is 2. The van der Waals surface area contributed by atoms with Crippen LogP contribution in [0.5, 0.6) is 5.75 Å². The van der Waals surface area contributed by atoms with Crippen LogP contribution in [0.15, 0.2) is 42.5 Å². The van der Waals surface area contributed by atoms with E-state index in [1.54, 1.807) is 18.2 Å².